The maximum absolute atomic E-state index is 14.4. The van der Waals surface area contributed by atoms with Crippen molar-refractivity contribution in [2.45, 2.75) is 59.3 Å². The zero-order valence-electron chi connectivity index (χ0n) is 19.2. The van der Waals surface area contributed by atoms with Gasteiger partial charge >= 0.3 is 0 Å². The fourth-order valence-corrected chi connectivity index (χ4v) is 5.30. The van der Waals surface area contributed by atoms with Crippen LogP contribution in [0.1, 0.15) is 65.1 Å². The van der Waals surface area contributed by atoms with Crippen molar-refractivity contribution in [3.63, 3.8) is 0 Å². The smallest absolute Gasteiger partial charge is 0.163 e. The number of rotatable bonds is 2. The average Bonchev–Trinajstić information content (AvgIpc) is 3.13. The molecule has 0 saturated carbocycles. The lowest BCUT2D eigenvalue weighted by Gasteiger charge is -2.42. The molecular weight excluding hydrogens is 426 g/mol. The first-order valence-corrected chi connectivity index (χ1v) is 11.2. The van der Waals surface area contributed by atoms with Gasteiger partial charge in [0.15, 0.2) is 11.6 Å². The SMILES string of the molecule is CC1(C)CC(=O)C2=C(C1)OC1=C(C(=O)CC(C)(C)C1)C2c1ccc(-c2ccc(F)cc2F)o1. The number of hydrogen-bond acceptors (Lipinski definition) is 4. The second-order valence-electron chi connectivity index (χ2n) is 10.9. The maximum atomic E-state index is 14.4. The first-order valence-electron chi connectivity index (χ1n) is 11.2. The number of ketones is 2. The van der Waals surface area contributed by atoms with Crippen molar-refractivity contribution in [3.05, 3.63) is 70.4 Å². The van der Waals surface area contributed by atoms with Crippen LogP contribution in [-0.4, -0.2) is 11.6 Å². The predicted molar refractivity (Wildman–Crippen MR) is 118 cm³/mol. The van der Waals surface area contributed by atoms with Gasteiger partial charge in [0.25, 0.3) is 0 Å². The average molecular weight is 452 g/mol. The Kier molecular flexibility index (Phi) is 4.78. The Morgan fingerprint density at radius 2 is 1.39 bits per heavy atom. The van der Waals surface area contributed by atoms with Crippen molar-refractivity contribution < 1.29 is 27.5 Å². The van der Waals surface area contributed by atoms with Crippen molar-refractivity contribution in [1.82, 2.24) is 0 Å². The highest BCUT2D eigenvalue weighted by atomic mass is 19.1. The number of ether oxygens (including phenoxy) is 1. The molecule has 0 N–H and O–H groups in total. The summed E-state index contributed by atoms with van der Waals surface area (Å²) < 4.78 is 40.0. The summed E-state index contributed by atoms with van der Waals surface area (Å²) in [5.41, 5.74) is 0.532. The molecule has 33 heavy (non-hydrogen) atoms. The highest BCUT2D eigenvalue weighted by Crippen LogP contribution is 2.53. The van der Waals surface area contributed by atoms with Crippen molar-refractivity contribution >= 4 is 11.6 Å². The minimum Gasteiger partial charge on any atom is -0.465 e. The zero-order chi connectivity index (χ0) is 23.7. The lowest BCUT2D eigenvalue weighted by atomic mass is 9.66. The predicted octanol–water partition coefficient (Wildman–Crippen LogP) is 6.63. The van der Waals surface area contributed by atoms with Crippen molar-refractivity contribution in [2.24, 2.45) is 10.8 Å². The first-order chi connectivity index (χ1) is 15.4. The van der Waals surface area contributed by atoms with Crippen LogP contribution in [0.4, 0.5) is 8.78 Å². The summed E-state index contributed by atoms with van der Waals surface area (Å²) >= 11 is 0. The highest BCUT2D eigenvalue weighted by molar-refractivity contribution is 6.06. The second-order valence-corrected chi connectivity index (χ2v) is 10.9. The van der Waals surface area contributed by atoms with E-state index in [1.165, 1.54) is 6.07 Å². The molecule has 0 radical (unpaired) electrons. The van der Waals surface area contributed by atoms with E-state index >= 15 is 0 Å². The molecule has 1 aromatic heterocycles. The molecule has 4 nitrogen and oxygen atoms in total. The fraction of sp³-hybridized carbons (Fsp3) is 0.407. The van der Waals surface area contributed by atoms with Crippen LogP contribution in [0.25, 0.3) is 11.3 Å². The topological polar surface area (TPSA) is 56.5 Å². The van der Waals surface area contributed by atoms with Crippen LogP contribution in [0.15, 0.2) is 57.4 Å². The van der Waals surface area contributed by atoms with E-state index in [4.69, 9.17) is 9.15 Å². The molecule has 1 aliphatic heterocycles. The Balaban J connectivity index is 1.66. The molecule has 1 aromatic carbocycles. The van der Waals surface area contributed by atoms with E-state index in [-0.39, 0.29) is 33.7 Å². The summed E-state index contributed by atoms with van der Waals surface area (Å²) in [6.07, 6.45) is 1.84. The van der Waals surface area contributed by atoms with Gasteiger partial charge in [-0.15, -0.1) is 0 Å². The van der Waals surface area contributed by atoms with Crippen LogP contribution in [0.3, 0.4) is 0 Å². The number of allylic oxidation sites excluding steroid dienone is 4. The van der Waals surface area contributed by atoms with Crippen molar-refractivity contribution in [1.29, 1.82) is 0 Å². The van der Waals surface area contributed by atoms with Crippen LogP contribution in [-0.2, 0) is 14.3 Å². The molecule has 0 fully saturated rings. The molecule has 2 aliphatic carbocycles. The molecule has 172 valence electrons. The number of halogens is 2. The molecule has 5 rings (SSSR count). The Morgan fingerprint density at radius 3 is 1.94 bits per heavy atom. The molecule has 0 amide bonds. The Labute approximate surface area is 191 Å². The minimum atomic E-state index is -0.742. The Morgan fingerprint density at radius 1 is 0.818 bits per heavy atom. The van der Waals surface area contributed by atoms with E-state index in [2.05, 4.69) is 0 Å². The van der Waals surface area contributed by atoms with Crippen molar-refractivity contribution in [3.8, 4) is 11.3 Å². The third-order valence-electron chi connectivity index (χ3n) is 6.69. The van der Waals surface area contributed by atoms with Gasteiger partial charge in [-0.25, -0.2) is 8.78 Å². The normalized spacial score (nSPS) is 22.2. The summed E-state index contributed by atoms with van der Waals surface area (Å²) in [5.74, 6) is -0.455. The van der Waals surface area contributed by atoms with Gasteiger partial charge in [0.05, 0.1) is 11.5 Å². The van der Waals surface area contributed by atoms with E-state index in [0.717, 1.165) is 12.1 Å². The molecule has 0 bridgehead atoms. The molecule has 2 heterocycles. The quantitative estimate of drug-likeness (QED) is 0.514. The van der Waals surface area contributed by atoms with E-state index in [0.29, 0.717) is 54.1 Å². The summed E-state index contributed by atoms with van der Waals surface area (Å²) in [4.78, 5) is 26.6. The molecule has 0 saturated heterocycles. The summed E-state index contributed by atoms with van der Waals surface area (Å²) in [6, 6.07) is 6.54. The number of carbonyl (C=O) groups excluding carboxylic acids is 2. The van der Waals surface area contributed by atoms with E-state index < -0.39 is 17.6 Å². The van der Waals surface area contributed by atoms with E-state index in [1.807, 2.05) is 27.7 Å². The van der Waals surface area contributed by atoms with Gasteiger partial charge in [0, 0.05) is 42.9 Å². The van der Waals surface area contributed by atoms with Gasteiger partial charge in [0.1, 0.15) is 34.7 Å². The largest absolute Gasteiger partial charge is 0.465 e. The van der Waals surface area contributed by atoms with Crippen LogP contribution < -0.4 is 0 Å². The van der Waals surface area contributed by atoms with Gasteiger partial charge in [-0.3, -0.25) is 9.59 Å². The van der Waals surface area contributed by atoms with Crippen molar-refractivity contribution in [2.75, 3.05) is 0 Å². The Bertz CT molecular complexity index is 1210. The molecular formula is C27H26F2O4. The standard InChI is InChI=1S/C27H26F2O4/c1-26(2)10-17(30)23-21(12-26)33-22-13-27(3,4)11-18(31)24(22)25(23)20-8-7-19(32-20)15-6-5-14(28)9-16(15)29/h5-9,25H,10-13H2,1-4H3. The first kappa shape index (κ1) is 21.8. The third-order valence-corrected chi connectivity index (χ3v) is 6.69. The fourth-order valence-electron chi connectivity index (χ4n) is 5.30. The zero-order valence-corrected chi connectivity index (χ0v) is 19.2. The second kappa shape index (κ2) is 7.24. The molecule has 3 aliphatic rings. The lowest BCUT2D eigenvalue weighted by Crippen LogP contribution is -2.37. The molecule has 6 heteroatoms. The summed E-state index contributed by atoms with van der Waals surface area (Å²) in [6.45, 7) is 8.09. The van der Waals surface area contributed by atoms with Crippen LogP contribution in [0, 0.1) is 22.5 Å². The number of Topliss-reactive ketones (excluding diaryl/α,β-unsaturated/α-hetero) is 2. The van der Waals surface area contributed by atoms with Gasteiger partial charge < -0.3 is 9.15 Å². The van der Waals surface area contributed by atoms with Gasteiger partial charge in [-0.05, 0) is 35.1 Å². The van der Waals surface area contributed by atoms with E-state index in [1.54, 1.807) is 12.1 Å². The van der Waals surface area contributed by atoms with Gasteiger partial charge in [-0.2, -0.15) is 0 Å². The molecule has 2 aromatic rings. The number of benzene rings is 1. The highest BCUT2D eigenvalue weighted by Gasteiger charge is 2.48. The monoisotopic (exact) mass is 452 g/mol. The number of furan rings is 1. The summed E-state index contributed by atoms with van der Waals surface area (Å²) in [7, 11) is 0. The minimum absolute atomic E-state index is 0.0682. The maximum Gasteiger partial charge on any atom is 0.163 e. The number of carbonyl (C=O) groups is 2. The van der Waals surface area contributed by atoms with Gasteiger partial charge in [0.2, 0.25) is 0 Å². The van der Waals surface area contributed by atoms with Crippen LogP contribution in [0.2, 0.25) is 0 Å². The molecule has 0 atom stereocenters. The molecule has 0 unspecified atom stereocenters. The third kappa shape index (κ3) is 3.75. The van der Waals surface area contributed by atoms with Crippen LogP contribution in [0.5, 0.6) is 0 Å². The van der Waals surface area contributed by atoms with Gasteiger partial charge in [-0.1, -0.05) is 27.7 Å². The Hall–Kier alpha value is -3.02. The van der Waals surface area contributed by atoms with Crippen LogP contribution >= 0.6 is 0 Å². The molecule has 0 spiro atoms. The lowest BCUT2D eigenvalue weighted by molar-refractivity contribution is -0.120. The van der Waals surface area contributed by atoms with E-state index in [9.17, 15) is 18.4 Å². The summed E-state index contributed by atoms with van der Waals surface area (Å²) in [5, 5.41) is 0. The number of hydrogen-bond donors (Lipinski definition) is 0.